The van der Waals surface area contributed by atoms with Gasteiger partial charge in [0.15, 0.2) is 0 Å². The van der Waals surface area contributed by atoms with Crippen LogP contribution in [0.2, 0.25) is 0 Å². The zero-order chi connectivity index (χ0) is 26.7. The highest BCUT2D eigenvalue weighted by Crippen LogP contribution is 2.11. The highest BCUT2D eigenvalue weighted by molar-refractivity contribution is 5.97. The summed E-state index contributed by atoms with van der Waals surface area (Å²) in [6.07, 6.45) is -1.70. The number of carbonyl (C=O) groups is 6. The predicted molar refractivity (Wildman–Crippen MR) is 116 cm³/mol. The molecule has 0 fully saturated rings. The fourth-order valence-corrected chi connectivity index (χ4v) is 2.78. The van der Waals surface area contributed by atoms with E-state index in [9.17, 15) is 33.9 Å². The number of hydrogen-bond acceptors (Lipinski definition) is 9. The molecule has 11 N–H and O–H groups in total. The second-order valence-electron chi connectivity index (χ2n) is 7.45. The van der Waals surface area contributed by atoms with E-state index in [0.717, 1.165) is 0 Å². The van der Waals surface area contributed by atoms with Gasteiger partial charge in [-0.05, 0) is 24.1 Å². The molecular formula is C20H27N5O10. The molecule has 0 aliphatic heterocycles. The van der Waals surface area contributed by atoms with Crippen molar-refractivity contribution in [3.05, 3.63) is 29.8 Å². The third-order valence-electron chi connectivity index (χ3n) is 4.58. The highest BCUT2D eigenvalue weighted by Gasteiger charge is 2.32. The van der Waals surface area contributed by atoms with E-state index in [1.807, 2.05) is 10.6 Å². The van der Waals surface area contributed by atoms with Gasteiger partial charge in [-0.2, -0.15) is 0 Å². The standard InChI is InChI=1S/C20H27N5O10/c21-11(5-9-1-3-10(27)4-2-9)17(31)23-12(6-15(22)28)18(32)24-13(7-16(29)30)19(33)25-14(8-26)20(34)35/h1-4,11-14,26-27H,5-8,21H2,(H2,22,28)(H,23,31)(H,24,32)(H,25,33)(H,29,30)(H,34,35). The molecule has 0 spiro atoms. The molecular weight excluding hydrogens is 470 g/mol. The van der Waals surface area contributed by atoms with Crippen LogP contribution in [0.4, 0.5) is 0 Å². The van der Waals surface area contributed by atoms with Gasteiger partial charge >= 0.3 is 11.9 Å². The molecule has 15 nitrogen and oxygen atoms in total. The summed E-state index contributed by atoms with van der Waals surface area (Å²) in [5.74, 6) is -7.43. The summed E-state index contributed by atoms with van der Waals surface area (Å²) < 4.78 is 0. The first-order valence-electron chi connectivity index (χ1n) is 10.1. The van der Waals surface area contributed by atoms with Crippen LogP contribution in [0.15, 0.2) is 24.3 Å². The number of phenolic OH excluding ortho intramolecular Hbond substituents is 1. The van der Waals surface area contributed by atoms with E-state index < -0.39 is 79.2 Å². The number of aliphatic hydroxyl groups excluding tert-OH is 1. The van der Waals surface area contributed by atoms with Crippen molar-refractivity contribution in [2.45, 2.75) is 43.4 Å². The van der Waals surface area contributed by atoms with E-state index in [-0.39, 0.29) is 12.2 Å². The van der Waals surface area contributed by atoms with E-state index >= 15 is 0 Å². The maximum atomic E-state index is 12.7. The molecule has 0 aliphatic rings. The lowest BCUT2D eigenvalue weighted by atomic mass is 10.0. The van der Waals surface area contributed by atoms with E-state index in [1.54, 1.807) is 0 Å². The van der Waals surface area contributed by atoms with Crippen LogP contribution in [0.1, 0.15) is 18.4 Å². The van der Waals surface area contributed by atoms with Crippen LogP contribution < -0.4 is 27.4 Å². The number of nitrogens with one attached hydrogen (secondary N) is 3. The minimum absolute atomic E-state index is 0.00119. The zero-order valence-electron chi connectivity index (χ0n) is 18.3. The lowest BCUT2D eigenvalue weighted by molar-refractivity contribution is -0.144. The van der Waals surface area contributed by atoms with Gasteiger partial charge < -0.3 is 47.8 Å². The maximum absolute atomic E-state index is 12.7. The van der Waals surface area contributed by atoms with Gasteiger partial charge in [-0.15, -0.1) is 0 Å². The predicted octanol–water partition coefficient (Wildman–Crippen LogP) is -3.86. The minimum atomic E-state index is -1.81. The Hall–Kier alpha value is -4.24. The number of aliphatic hydroxyl groups is 1. The number of aliphatic carboxylic acids is 2. The topological polar surface area (TPSA) is 271 Å². The number of carbonyl (C=O) groups excluding carboxylic acids is 4. The summed E-state index contributed by atoms with van der Waals surface area (Å²) >= 11 is 0. The van der Waals surface area contributed by atoms with Gasteiger partial charge in [0.1, 0.15) is 23.9 Å². The first-order valence-corrected chi connectivity index (χ1v) is 10.1. The van der Waals surface area contributed by atoms with E-state index in [1.165, 1.54) is 24.3 Å². The van der Waals surface area contributed by atoms with Crippen LogP contribution in [-0.4, -0.2) is 86.8 Å². The first-order chi connectivity index (χ1) is 16.3. The van der Waals surface area contributed by atoms with Crippen LogP contribution in [0, 0.1) is 0 Å². The maximum Gasteiger partial charge on any atom is 0.328 e. The van der Waals surface area contributed by atoms with Crippen molar-refractivity contribution >= 4 is 35.6 Å². The fourth-order valence-electron chi connectivity index (χ4n) is 2.78. The van der Waals surface area contributed by atoms with Crippen LogP contribution in [0.5, 0.6) is 5.75 Å². The van der Waals surface area contributed by atoms with Gasteiger partial charge in [0.2, 0.25) is 23.6 Å². The Balaban J connectivity index is 2.95. The molecule has 4 unspecified atom stereocenters. The van der Waals surface area contributed by atoms with Crippen LogP contribution in [0.25, 0.3) is 0 Å². The molecule has 1 aromatic carbocycles. The summed E-state index contributed by atoms with van der Waals surface area (Å²) in [4.78, 5) is 71.0. The average molecular weight is 497 g/mol. The second kappa shape index (κ2) is 13.5. The van der Waals surface area contributed by atoms with Crippen molar-refractivity contribution in [2.24, 2.45) is 11.5 Å². The molecule has 0 saturated carbocycles. The van der Waals surface area contributed by atoms with Crippen molar-refractivity contribution in [3.63, 3.8) is 0 Å². The van der Waals surface area contributed by atoms with Crippen molar-refractivity contribution in [2.75, 3.05) is 6.61 Å². The van der Waals surface area contributed by atoms with Crippen molar-refractivity contribution in [1.82, 2.24) is 16.0 Å². The number of primary amides is 1. The van der Waals surface area contributed by atoms with Crippen LogP contribution in [0.3, 0.4) is 0 Å². The summed E-state index contributed by atoms with van der Waals surface area (Å²) in [6.45, 7) is -1.01. The molecule has 0 heterocycles. The number of rotatable bonds is 14. The molecule has 1 aromatic rings. The van der Waals surface area contributed by atoms with Crippen molar-refractivity contribution in [1.29, 1.82) is 0 Å². The van der Waals surface area contributed by atoms with E-state index in [0.29, 0.717) is 5.56 Å². The Morgan fingerprint density at radius 1 is 0.800 bits per heavy atom. The quantitative estimate of drug-likeness (QED) is 0.120. The molecule has 4 amide bonds. The Bertz CT molecular complexity index is 952. The number of aromatic hydroxyl groups is 1. The van der Waals surface area contributed by atoms with Gasteiger partial charge in [-0.25, -0.2) is 4.79 Å². The third-order valence-corrected chi connectivity index (χ3v) is 4.58. The van der Waals surface area contributed by atoms with Crippen molar-refractivity contribution < 1.29 is 49.2 Å². The number of benzene rings is 1. The number of nitrogens with two attached hydrogens (primary N) is 2. The number of carboxylic acids is 2. The first kappa shape index (κ1) is 28.8. The summed E-state index contributed by atoms with van der Waals surface area (Å²) in [6, 6.07) is -0.624. The van der Waals surface area contributed by atoms with Crippen LogP contribution >= 0.6 is 0 Å². The monoisotopic (exact) mass is 497 g/mol. The minimum Gasteiger partial charge on any atom is -0.508 e. The molecule has 0 saturated heterocycles. The van der Waals surface area contributed by atoms with Gasteiger partial charge in [-0.1, -0.05) is 12.1 Å². The summed E-state index contributed by atoms with van der Waals surface area (Å²) in [5, 5.41) is 42.4. The van der Waals surface area contributed by atoms with Crippen LogP contribution in [-0.2, 0) is 35.2 Å². The summed E-state index contributed by atoms with van der Waals surface area (Å²) in [7, 11) is 0. The third kappa shape index (κ3) is 10.1. The van der Waals surface area contributed by atoms with Gasteiger partial charge in [-0.3, -0.25) is 24.0 Å². The smallest absolute Gasteiger partial charge is 0.328 e. The Labute approximate surface area is 198 Å². The molecule has 192 valence electrons. The molecule has 4 atom stereocenters. The average Bonchev–Trinajstić information content (AvgIpc) is 2.76. The Morgan fingerprint density at radius 2 is 1.29 bits per heavy atom. The fraction of sp³-hybridized carbons (Fsp3) is 0.400. The van der Waals surface area contributed by atoms with Gasteiger partial charge in [0.05, 0.1) is 25.5 Å². The van der Waals surface area contributed by atoms with Crippen molar-refractivity contribution in [3.8, 4) is 5.75 Å². The summed E-state index contributed by atoms with van der Waals surface area (Å²) in [5.41, 5.74) is 11.5. The highest BCUT2D eigenvalue weighted by atomic mass is 16.4. The number of hydrogen-bond donors (Lipinski definition) is 9. The molecule has 0 aliphatic carbocycles. The molecule has 35 heavy (non-hydrogen) atoms. The van der Waals surface area contributed by atoms with E-state index in [2.05, 4.69) is 5.32 Å². The van der Waals surface area contributed by atoms with Gasteiger partial charge in [0, 0.05) is 0 Å². The molecule has 1 rings (SSSR count). The Morgan fingerprint density at radius 3 is 1.74 bits per heavy atom. The second-order valence-corrected chi connectivity index (χ2v) is 7.45. The Kier molecular flexibility index (Phi) is 11.1. The number of amides is 4. The lowest BCUT2D eigenvalue weighted by Crippen LogP contribution is -2.58. The van der Waals surface area contributed by atoms with Gasteiger partial charge in [0.25, 0.3) is 0 Å². The molecule has 15 heteroatoms. The zero-order valence-corrected chi connectivity index (χ0v) is 18.3. The number of carboxylic acid groups (broad SMARTS) is 2. The SMILES string of the molecule is NC(=O)CC(NC(=O)C(N)Cc1ccc(O)cc1)C(=O)NC(CC(=O)O)C(=O)NC(CO)C(=O)O. The number of phenols is 1. The largest absolute Gasteiger partial charge is 0.508 e. The lowest BCUT2D eigenvalue weighted by Gasteiger charge is -2.23. The molecule has 0 aromatic heterocycles. The normalized spacial score (nSPS) is 14.0. The van der Waals surface area contributed by atoms with E-state index in [4.69, 9.17) is 26.8 Å². The molecule has 0 bridgehead atoms. The molecule has 0 radical (unpaired) electrons.